The van der Waals surface area contributed by atoms with E-state index in [4.69, 9.17) is 0 Å². The van der Waals surface area contributed by atoms with Crippen LogP contribution in [-0.2, 0) is 0 Å². The van der Waals surface area contributed by atoms with Gasteiger partial charge in [-0.15, -0.1) is 11.8 Å². The summed E-state index contributed by atoms with van der Waals surface area (Å²) in [4.78, 5) is 0. The van der Waals surface area contributed by atoms with Crippen LogP contribution < -0.4 is 0 Å². The van der Waals surface area contributed by atoms with E-state index in [1.54, 1.807) is 0 Å². The predicted octanol–water partition coefficient (Wildman–Crippen LogP) is 3.36. The lowest BCUT2D eigenvalue weighted by Gasteiger charge is -2.10. The zero-order valence-corrected chi connectivity index (χ0v) is 7.29. The second kappa shape index (κ2) is 3.87. The Morgan fingerprint density at radius 1 is 1.80 bits per heavy atom. The molecule has 0 spiro atoms. The van der Waals surface area contributed by atoms with Crippen LogP contribution in [0.5, 0.6) is 0 Å². The van der Waals surface area contributed by atoms with E-state index in [1.165, 1.54) is 24.8 Å². The number of allylic oxidation sites excluding steroid dienone is 1. The Kier molecular flexibility index (Phi) is 3.07. The molecule has 10 heavy (non-hydrogen) atoms. The minimum atomic E-state index is 0.694. The first-order valence-electron chi connectivity index (χ1n) is 3.82. The molecule has 0 amide bonds. The van der Waals surface area contributed by atoms with Crippen LogP contribution in [0.3, 0.4) is 0 Å². The zero-order valence-electron chi connectivity index (χ0n) is 6.47. The van der Waals surface area contributed by atoms with Gasteiger partial charge in [0, 0.05) is 5.25 Å². The van der Waals surface area contributed by atoms with Crippen molar-refractivity contribution in [3.05, 3.63) is 23.6 Å². The topological polar surface area (TPSA) is 0 Å². The average Bonchev–Trinajstić information content (AvgIpc) is 2.38. The molecule has 0 saturated carbocycles. The third-order valence-corrected chi connectivity index (χ3v) is 2.92. The Hall–Kier alpha value is -0.170. The quantitative estimate of drug-likeness (QED) is 0.562. The van der Waals surface area contributed by atoms with E-state index < -0.39 is 0 Å². The molecule has 1 aliphatic heterocycles. The molecule has 0 saturated heterocycles. The highest BCUT2D eigenvalue weighted by Crippen LogP contribution is 2.30. The fourth-order valence-electron chi connectivity index (χ4n) is 1.13. The lowest BCUT2D eigenvalue weighted by Crippen LogP contribution is -1.99. The SMILES string of the molecule is C=C(CCC)C1CC=CS1. The van der Waals surface area contributed by atoms with Gasteiger partial charge in [-0.2, -0.15) is 0 Å². The van der Waals surface area contributed by atoms with Crippen LogP contribution >= 0.6 is 11.8 Å². The van der Waals surface area contributed by atoms with Gasteiger partial charge in [0.25, 0.3) is 0 Å². The lowest BCUT2D eigenvalue weighted by molar-refractivity contribution is 0.850. The summed E-state index contributed by atoms with van der Waals surface area (Å²) >= 11 is 1.91. The minimum Gasteiger partial charge on any atom is -0.126 e. The molecule has 1 heteroatoms. The van der Waals surface area contributed by atoms with Gasteiger partial charge in [0.15, 0.2) is 0 Å². The van der Waals surface area contributed by atoms with Crippen LogP contribution in [0.1, 0.15) is 26.2 Å². The van der Waals surface area contributed by atoms with Crippen molar-refractivity contribution >= 4 is 11.8 Å². The van der Waals surface area contributed by atoms with E-state index in [2.05, 4.69) is 25.0 Å². The molecule has 0 radical (unpaired) electrons. The van der Waals surface area contributed by atoms with Gasteiger partial charge < -0.3 is 0 Å². The van der Waals surface area contributed by atoms with Gasteiger partial charge in [-0.1, -0.05) is 31.6 Å². The van der Waals surface area contributed by atoms with E-state index in [-0.39, 0.29) is 0 Å². The number of rotatable bonds is 3. The number of hydrogen-bond donors (Lipinski definition) is 0. The predicted molar refractivity (Wildman–Crippen MR) is 49.2 cm³/mol. The van der Waals surface area contributed by atoms with Crippen LogP contribution in [0.15, 0.2) is 23.6 Å². The number of thioether (sulfide) groups is 1. The average molecular weight is 154 g/mol. The largest absolute Gasteiger partial charge is 0.126 e. The third-order valence-electron chi connectivity index (χ3n) is 1.72. The molecule has 1 rings (SSSR count). The van der Waals surface area contributed by atoms with E-state index in [0.29, 0.717) is 5.25 Å². The first-order valence-corrected chi connectivity index (χ1v) is 4.77. The molecule has 56 valence electrons. The lowest BCUT2D eigenvalue weighted by atomic mass is 10.1. The van der Waals surface area contributed by atoms with Crippen molar-refractivity contribution in [2.24, 2.45) is 0 Å². The molecule has 1 unspecified atom stereocenters. The van der Waals surface area contributed by atoms with Gasteiger partial charge in [-0.25, -0.2) is 0 Å². The van der Waals surface area contributed by atoms with Crippen molar-refractivity contribution in [3.63, 3.8) is 0 Å². The van der Waals surface area contributed by atoms with Gasteiger partial charge in [0.1, 0.15) is 0 Å². The van der Waals surface area contributed by atoms with Crippen LogP contribution in [0.2, 0.25) is 0 Å². The molecule has 0 nitrogen and oxygen atoms in total. The normalized spacial score (nSPS) is 23.5. The second-order valence-electron chi connectivity index (χ2n) is 2.64. The second-order valence-corrected chi connectivity index (χ2v) is 3.75. The molecular formula is C9H14S. The molecule has 0 aromatic carbocycles. The summed E-state index contributed by atoms with van der Waals surface area (Å²) in [6.45, 7) is 6.27. The van der Waals surface area contributed by atoms with Crippen LogP contribution in [-0.4, -0.2) is 5.25 Å². The standard InChI is InChI=1S/C9H14S/c1-3-5-8(2)9-6-4-7-10-9/h4,7,9H,2-3,5-6H2,1H3. The molecule has 1 aliphatic rings. The van der Waals surface area contributed by atoms with Gasteiger partial charge in [-0.05, 0) is 18.2 Å². The fourth-order valence-corrected chi connectivity index (χ4v) is 2.07. The highest BCUT2D eigenvalue weighted by molar-refractivity contribution is 8.03. The van der Waals surface area contributed by atoms with Gasteiger partial charge in [0.2, 0.25) is 0 Å². The van der Waals surface area contributed by atoms with E-state index >= 15 is 0 Å². The molecule has 0 fully saturated rings. The Bertz CT molecular complexity index is 139. The monoisotopic (exact) mass is 154 g/mol. The summed E-state index contributed by atoms with van der Waals surface area (Å²) in [5.41, 5.74) is 1.41. The summed E-state index contributed by atoms with van der Waals surface area (Å²) in [7, 11) is 0. The Balaban J connectivity index is 2.28. The Labute approximate surface area is 67.4 Å². The summed E-state index contributed by atoms with van der Waals surface area (Å²) < 4.78 is 0. The van der Waals surface area contributed by atoms with Crippen molar-refractivity contribution < 1.29 is 0 Å². The molecule has 0 aliphatic carbocycles. The summed E-state index contributed by atoms with van der Waals surface area (Å²) in [5.74, 6) is 0. The highest BCUT2D eigenvalue weighted by Gasteiger charge is 2.12. The molecule has 1 heterocycles. The Morgan fingerprint density at radius 2 is 2.60 bits per heavy atom. The number of hydrogen-bond acceptors (Lipinski definition) is 1. The summed E-state index contributed by atoms with van der Waals surface area (Å²) in [6.07, 6.45) is 5.86. The van der Waals surface area contributed by atoms with Crippen molar-refractivity contribution in [2.75, 3.05) is 0 Å². The van der Waals surface area contributed by atoms with Crippen molar-refractivity contribution in [1.29, 1.82) is 0 Å². The molecule has 1 atom stereocenters. The van der Waals surface area contributed by atoms with E-state index in [1.807, 2.05) is 11.8 Å². The Morgan fingerprint density at radius 3 is 3.10 bits per heavy atom. The van der Waals surface area contributed by atoms with Crippen molar-refractivity contribution in [3.8, 4) is 0 Å². The maximum atomic E-state index is 4.07. The third kappa shape index (κ3) is 1.91. The zero-order chi connectivity index (χ0) is 7.40. The maximum absolute atomic E-state index is 4.07. The first-order chi connectivity index (χ1) is 4.84. The van der Waals surface area contributed by atoms with E-state index in [9.17, 15) is 0 Å². The molecule has 0 aromatic heterocycles. The first kappa shape index (κ1) is 7.93. The van der Waals surface area contributed by atoms with Gasteiger partial charge in [-0.3, -0.25) is 0 Å². The van der Waals surface area contributed by atoms with E-state index in [0.717, 1.165) is 0 Å². The van der Waals surface area contributed by atoms with Crippen LogP contribution in [0.4, 0.5) is 0 Å². The molecule has 0 N–H and O–H groups in total. The van der Waals surface area contributed by atoms with Crippen LogP contribution in [0.25, 0.3) is 0 Å². The smallest absolute Gasteiger partial charge is 0.0329 e. The molecular weight excluding hydrogens is 140 g/mol. The fraction of sp³-hybridized carbons (Fsp3) is 0.556. The summed E-state index contributed by atoms with van der Waals surface area (Å²) in [6, 6.07) is 0. The highest BCUT2D eigenvalue weighted by atomic mass is 32.2. The maximum Gasteiger partial charge on any atom is 0.0329 e. The van der Waals surface area contributed by atoms with Crippen molar-refractivity contribution in [1.82, 2.24) is 0 Å². The molecule has 0 bridgehead atoms. The van der Waals surface area contributed by atoms with Crippen molar-refractivity contribution in [2.45, 2.75) is 31.4 Å². The van der Waals surface area contributed by atoms with Gasteiger partial charge in [0.05, 0.1) is 0 Å². The summed E-state index contributed by atoms with van der Waals surface area (Å²) in [5, 5.41) is 2.88. The van der Waals surface area contributed by atoms with Gasteiger partial charge >= 0.3 is 0 Å². The minimum absolute atomic E-state index is 0.694. The van der Waals surface area contributed by atoms with Crippen LogP contribution in [0, 0.1) is 0 Å². The molecule has 0 aromatic rings.